The molecule has 3 aromatic carbocycles. The van der Waals surface area contributed by atoms with Crippen LogP contribution in [0.25, 0.3) is 0 Å². The SMILES string of the molecule is Cc1ccccc1NS(=O)(=O)c1ccc[cH-]1.[Fe+2].c1cc[cH-]c1. The first-order valence-electron chi connectivity index (χ1n) is 6.56. The van der Waals surface area contributed by atoms with E-state index in [1.807, 2.05) is 49.4 Å². The Hall–Kier alpha value is -1.81. The molecule has 22 heavy (non-hydrogen) atoms. The first kappa shape index (κ1) is 18.2. The van der Waals surface area contributed by atoms with Crippen molar-refractivity contribution in [1.29, 1.82) is 0 Å². The van der Waals surface area contributed by atoms with E-state index in [0.29, 0.717) is 5.69 Å². The average Bonchev–Trinajstić information content (AvgIpc) is 3.17. The molecule has 0 aliphatic heterocycles. The average molecular weight is 355 g/mol. The Balaban J connectivity index is 0.000000344. The molecule has 0 spiro atoms. The van der Waals surface area contributed by atoms with E-state index in [1.54, 1.807) is 36.4 Å². The predicted molar refractivity (Wildman–Crippen MR) is 86.1 cm³/mol. The molecule has 3 aromatic rings. The molecule has 0 aromatic heterocycles. The van der Waals surface area contributed by atoms with Gasteiger partial charge in [0, 0.05) is 0 Å². The number of para-hydroxylation sites is 1. The van der Waals surface area contributed by atoms with Crippen molar-refractivity contribution in [3.8, 4) is 0 Å². The third-order valence-electron chi connectivity index (χ3n) is 2.89. The standard InChI is InChI=1S/C12H12NO2S.C5H5.Fe/c1-10-6-2-5-9-12(10)13-16(14,15)11-7-3-4-8-11;1-2-4-5-3-1;/h2-9,13H,1H3;1-5H;/q2*-1;+2. The molecule has 0 aliphatic carbocycles. The summed E-state index contributed by atoms with van der Waals surface area (Å²) in [6.07, 6.45) is 0. The fourth-order valence-corrected chi connectivity index (χ4v) is 2.90. The summed E-state index contributed by atoms with van der Waals surface area (Å²) in [6, 6.07) is 23.8. The van der Waals surface area contributed by atoms with E-state index in [4.69, 9.17) is 0 Å². The zero-order valence-corrected chi connectivity index (χ0v) is 14.0. The largest absolute Gasteiger partial charge is 2.00 e. The van der Waals surface area contributed by atoms with Crippen LogP contribution in [0, 0.1) is 6.92 Å². The van der Waals surface area contributed by atoms with E-state index in [1.165, 1.54) is 0 Å². The molecule has 0 aliphatic rings. The number of aryl methyl sites for hydroxylation is 1. The van der Waals surface area contributed by atoms with Crippen molar-refractivity contribution < 1.29 is 25.5 Å². The number of nitrogens with one attached hydrogen (secondary N) is 1. The van der Waals surface area contributed by atoms with Crippen LogP contribution in [-0.4, -0.2) is 8.42 Å². The second-order valence-electron chi connectivity index (χ2n) is 4.50. The van der Waals surface area contributed by atoms with Crippen molar-refractivity contribution in [3.63, 3.8) is 0 Å². The quantitative estimate of drug-likeness (QED) is 0.572. The second-order valence-corrected chi connectivity index (χ2v) is 6.19. The maximum atomic E-state index is 11.9. The van der Waals surface area contributed by atoms with Crippen LogP contribution in [0.1, 0.15) is 5.56 Å². The van der Waals surface area contributed by atoms with E-state index in [9.17, 15) is 8.42 Å². The Kier molecular flexibility index (Phi) is 7.12. The van der Waals surface area contributed by atoms with Gasteiger partial charge in [-0.25, -0.2) is 26.6 Å². The number of anilines is 1. The normalized spacial score (nSPS) is 10.0. The van der Waals surface area contributed by atoms with Crippen molar-refractivity contribution in [2.75, 3.05) is 4.72 Å². The van der Waals surface area contributed by atoms with Crippen LogP contribution in [0.5, 0.6) is 0 Å². The van der Waals surface area contributed by atoms with Gasteiger partial charge >= 0.3 is 17.1 Å². The van der Waals surface area contributed by atoms with Gasteiger partial charge in [-0.05, 0) is 23.4 Å². The Morgan fingerprint density at radius 1 is 0.909 bits per heavy atom. The van der Waals surface area contributed by atoms with Crippen molar-refractivity contribution in [1.82, 2.24) is 0 Å². The van der Waals surface area contributed by atoms with Crippen molar-refractivity contribution in [3.05, 3.63) is 84.4 Å². The smallest absolute Gasteiger partial charge is 0.281 e. The van der Waals surface area contributed by atoms with E-state index < -0.39 is 10.0 Å². The molecule has 0 atom stereocenters. The third-order valence-corrected chi connectivity index (χ3v) is 4.27. The van der Waals surface area contributed by atoms with Gasteiger partial charge in [-0.3, -0.25) is 4.72 Å². The van der Waals surface area contributed by atoms with Gasteiger partial charge in [-0.1, -0.05) is 18.2 Å². The summed E-state index contributed by atoms with van der Waals surface area (Å²) >= 11 is 0. The molecule has 3 nitrogen and oxygen atoms in total. The van der Waals surface area contributed by atoms with E-state index in [-0.39, 0.29) is 22.0 Å². The molecule has 0 unspecified atom stereocenters. The maximum Gasteiger partial charge on any atom is 2.00 e. The Morgan fingerprint density at radius 2 is 1.59 bits per heavy atom. The Bertz CT molecular complexity index is 731. The van der Waals surface area contributed by atoms with Crippen LogP contribution in [0.4, 0.5) is 5.69 Å². The van der Waals surface area contributed by atoms with Gasteiger partial charge in [-0.15, -0.1) is 0 Å². The van der Waals surface area contributed by atoms with Gasteiger partial charge in [0.25, 0.3) is 0 Å². The summed E-state index contributed by atoms with van der Waals surface area (Å²) in [6.45, 7) is 1.86. The number of hydrogen-bond acceptors (Lipinski definition) is 2. The fraction of sp³-hybridized carbons (Fsp3) is 0.0588. The van der Waals surface area contributed by atoms with Gasteiger partial charge in [0.1, 0.15) is 0 Å². The number of benzene rings is 1. The maximum absolute atomic E-state index is 11.9. The summed E-state index contributed by atoms with van der Waals surface area (Å²) in [5.41, 5.74) is 1.52. The van der Waals surface area contributed by atoms with Crippen LogP contribution < -0.4 is 4.72 Å². The van der Waals surface area contributed by atoms with Crippen molar-refractivity contribution in [2.45, 2.75) is 11.8 Å². The van der Waals surface area contributed by atoms with Crippen molar-refractivity contribution in [2.24, 2.45) is 0 Å². The van der Waals surface area contributed by atoms with Gasteiger partial charge < -0.3 is 0 Å². The molecule has 0 amide bonds. The minimum absolute atomic E-state index is 0. The van der Waals surface area contributed by atoms with Gasteiger partial charge in [-0.2, -0.15) is 36.4 Å². The summed E-state index contributed by atoms with van der Waals surface area (Å²) in [5, 5.41) is 0. The molecular weight excluding hydrogens is 338 g/mol. The molecule has 0 saturated heterocycles. The molecule has 5 heteroatoms. The summed E-state index contributed by atoms with van der Waals surface area (Å²) in [7, 11) is -3.44. The van der Waals surface area contributed by atoms with E-state index in [2.05, 4.69) is 4.72 Å². The number of sulfonamides is 1. The first-order valence-corrected chi connectivity index (χ1v) is 8.05. The predicted octanol–water partition coefficient (Wildman–Crippen LogP) is 3.92. The first-order chi connectivity index (χ1) is 10.1. The Morgan fingerprint density at radius 3 is 2.09 bits per heavy atom. The molecule has 116 valence electrons. The minimum atomic E-state index is -3.44. The van der Waals surface area contributed by atoms with Crippen LogP contribution in [0.15, 0.2) is 83.8 Å². The molecule has 0 saturated carbocycles. The minimum Gasteiger partial charge on any atom is -0.281 e. The van der Waals surface area contributed by atoms with Crippen LogP contribution in [0.2, 0.25) is 0 Å². The molecular formula is C17H17FeNO2S. The molecule has 0 radical (unpaired) electrons. The number of hydrogen-bond donors (Lipinski definition) is 1. The van der Waals surface area contributed by atoms with E-state index >= 15 is 0 Å². The third kappa shape index (κ3) is 5.19. The van der Waals surface area contributed by atoms with Crippen LogP contribution in [0.3, 0.4) is 0 Å². The van der Waals surface area contributed by atoms with Crippen molar-refractivity contribution >= 4 is 15.7 Å². The van der Waals surface area contributed by atoms with Gasteiger partial charge in [0.05, 0.1) is 5.69 Å². The molecule has 3 rings (SSSR count). The zero-order valence-electron chi connectivity index (χ0n) is 12.1. The monoisotopic (exact) mass is 355 g/mol. The van der Waals surface area contributed by atoms with Gasteiger partial charge in [0.2, 0.25) is 10.0 Å². The van der Waals surface area contributed by atoms with E-state index in [0.717, 1.165) is 5.56 Å². The van der Waals surface area contributed by atoms with Gasteiger partial charge in [0.15, 0.2) is 0 Å². The zero-order chi connectivity index (χ0) is 15.1. The number of rotatable bonds is 3. The topological polar surface area (TPSA) is 46.2 Å². The molecule has 0 bridgehead atoms. The second kappa shape index (κ2) is 8.59. The summed E-state index contributed by atoms with van der Waals surface area (Å²) in [5.74, 6) is 0. The summed E-state index contributed by atoms with van der Waals surface area (Å²) in [4.78, 5) is 0.288. The van der Waals surface area contributed by atoms with Crippen LogP contribution in [-0.2, 0) is 27.1 Å². The Labute approximate surface area is 142 Å². The molecule has 0 fully saturated rings. The fourth-order valence-electron chi connectivity index (χ4n) is 1.75. The van der Waals surface area contributed by atoms with Crippen LogP contribution >= 0.6 is 0 Å². The summed E-state index contributed by atoms with van der Waals surface area (Å²) < 4.78 is 26.4. The molecule has 0 heterocycles. The molecule has 1 N–H and O–H groups in total.